The fourth-order valence-electron chi connectivity index (χ4n) is 6.25. The summed E-state index contributed by atoms with van der Waals surface area (Å²) in [7, 11) is 0. The Balaban J connectivity index is 1.14. The molecule has 6 heteroatoms. The van der Waals surface area contributed by atoms with Gasteiger partial charge in [0.05, 0.1) is 15.9 Å². The quantitative estimate of drug-likeness (QED) is 0.192. The van der Waals surface area contributed by atoms with Crippen molar-refractivity contribution in [2.75, 3.05) is 0 Å². The third-order valence-corrected chi connectivity index (χ3v) is 9.58. The molecular weight excluding hydrogens is 595 g/mol. The summed E-state index contributed by atoms with van der Waals surface area (Å²) in [5.41, 5.74) is 8.17. The van der Waals surface area contributed by atoms with Gasteiger partial charge in [0.2, 0.25) is 0 Å². The first-order chi connectivity index (χ1) is 23.3. The minimum atomic E-state index is 0.637. The molecule has 0 aliphatic heterocycles. The minimum Gasteiger partial charge on any atom is -0.256 e. The van der Waals surface area contributed by atoms with Gasteiger partial charge < -0.3 is 0 Å². The molecule has 47 heavy (non-hydrogen) atoms. The van der Waals surface area contributed by atoms with Crippen LogP contribution in [0.15, 0.2) is 152 Å². The van der Waals surface area contributed by atoms with E-state index in [4.69, 9.17) is 24.9 Å². The molecule has 0 amide bonds. The lowest BCUT2D eigenvalue weighted by Crippen LogP contribution is -2.00. The van der Waals surface area contributed by atoms with Gasteiger partial charge in [0.1, 0.15) is 0 Å². The van der Waals surface area contributed by atoms with Gasteiger partial charge in [-0.15, -0.1) is 11.3 Å². The normalized spacial score (nSPS) is 11.4. The molecule has 0 saturated carbocycles. The summed E-state index contributed by atoms with van der Waals surface area (Å²) in [6.07, 6.45) is 3.78. The molecule has 9 aromatic rings. The van der Waals surface area contributed by atoms with Crippen LogP contribution in [0.3, 0.4) is 0 Å². The number of rotatable bonds is 5. The van der Waals surface area contributed by atoms with Gasteiger partial charge in [-0.3, -0.25) is 9.97 Å². The summed E-state index contributed by atoms with van der Waals surface area (Å²) in [6.45, 7) is 0. The van der Waals surface area contributed by atoms with Crippen molar-refractivity contribution in [3.8, 4) is 56.5 Å². The molecule has 0 spiro atoms. The lowest BCUT2D eigenvalue weighted by atomic mass is 9.94. The van der Waals surface area contributed by atoms with Gasteiger partial charge in [-0.25, -0.2) is 15.0 Å². The molecule has 9 rings (SSSR count). The molecule has 0 saturated heterocycles. The molecule has 4 heterocycles. The zero-order chi connectivity index (χ0) is 31.2. The summed E-state index contributed by atoms with van der Waals surface area (Å²) in [5.74, 6) is 1.94. The largest absolute Gasteiger partial charge is 0.256 e. The fourth-order valence-corrected chi connectivity index (χ4v) is 7.34. The third-order valence-electron chi connectivity index (χ3n) is 8.47. The van der Waals surface area contributed by atoms with Gasteiger partial charge >= 0.3 is 0 Å². The smallest absolute Gasteiger partial charge is 0.164 e. The second kappa shape index (κ2) is 11.4. The van der Waals surface area contributed by atoms with Crippen molar-refractivity contribution in [3.63, 3.8) is 0 Å². The number of thiophene rings is 1. The van der Waals surface area contributed by atoms with E-state index in [9.17, 15) is 0 Å². The molecule has 0 aliphatic rings. The highest BCUT2D eigenvalue weighted by molar-refractivity contribution is 7.25. The van der Waals surface area contributed by atoms with Crippen LogP contribution in [0.25, 0.3) is 87.6 Å². The Morgan fingerprint density at radius 3 is 1.68 bits per heavy atom. The highest BCUT2D eigenvalue weighted by atomic mass is 32.1. The molecule has 0 atom stereocenters. The van der Waals surface area contributed by atoms with Crippen LogP contribution in [0.5, 0.6) is 0 Å². The molecule has 5 aromatic carbocycles. The summed E-state index contributed by atoms with van der Waals surface area (Å²) >= 11 is 1.77. The van der Waals surface area contributed by atoms with Crippen molar-refractivity contribution in [1.29, 1.82) is 0 Å². The Labute approximate surface area is 275 Å². The monoisotopic (exact) mass is 619 g/mol. The van der Waals surface area contributed by atoms with E-state index in [1.165, 1.54) is 9.40 Å². The fraction of sp³-hybridized carbons (Fsp3) is 0. The van der Waals surface area contributed by atoms with Crippen molar-refractivity contribution < 1.29 is 0 Å². The molecule has 0 aliphatic carbocycles. The molecule has 220 valence electrons. The van der Waals surface area contributed by atoms with Crippen molar-refractivity contribution in [2.45, 2.75) is 0 Å². The van der Waals surface area contributed by atoms with Crippen LogP contribution in [0.4, 0.5) is 0 Å². The number of pyridine rings is 2. The predicted molar refractivity (Wildman–Crippen MR) is 193 cm³/mol. The standard InChI is InChI=1S/C41H25N5S/c1-3-10-27(11-4-1)39-44-40(28-12-5-2-6-13-28)46-41(45-39)29-21-19-26(20-22-29)30-14-7-15-32-31(30)23-25-43-37(32)33-16-8-17-34-36(33)38-35(47-34)18-9-24-42-38/h1-25H. The van der Waals surface area contributed by atoms with Crippen LogP contribution in [0.1, 0.15) is 0 Å². The average molecular weight is 620 g/mol. The van der Waals surface area contributed by atoms with Crippen molar-refractivity contribution >= 4 is 42.4 Å². The van der Waals surface area contributed by atoms with Crippen LogP contribution in [0.2, 0.25) is 0 Å². The molecule has 5 nitrogen and oxygen atoms in total. The highest BCUT2D eigenvalue weighted by Crippen LogP contribution is 2.41. The predicted octanol–water partition coefficient (Wildman–Crippen LogP) is 10.5. The van der Waals surface area contributed by atoms with E-state index >= 15 is 0 Å². The van der Waals surface area contributed by atoms with Crippen LogP contribution >= 0.6 is 11.3 Å². The lowest BCUT2D eigenvalue weighted by Gasteiger charge is -2.12. The van der Waals surface area contributed by atoms with E-state index in [0.29, 0.717) is 17.5 Å². The van der Waals surface area contributed by atoms with Gasteiger partial charge in [0.25, 0.3) is 0 Å². The molecule has 0 unspecified atom stereocenters. The van der Waals surface area contributed by atoms with Crippen LogP contribution in [0, 0.1) is 0 Å². The Morgan fingerprint density at radius 1 is 0.383 bits per heavy atom. The van der Waals surface area contributed by atoms with Gasteiger partial charge in [-0.1, -0.05) is 115 Å². The average Bonchev–Trinajstić information content (AvgIpc) is 3.54. The molecule has 0 fully saturated rings. The summed E-state index contributed by atoms with van der Waals surface area (Å²) in [5, 5.41) is 3.41. The maximum absolute atomic E-state index is 4.92. The zero-order valence-electron chi connectivity index (χ0n) is 25.1. The molecule has 4 aromatic heterocycles. The second-order valence-electron chi connectivity index (χ2n) is 11.3. The van der Waals surface area contributed by atoms with E-state index in [2.05, 4.69) is 72.8 Å². The van der Waals surface area contributed by atoms with E-state index in [0.717, 1.165) is 60.8 Å². The van der Waals surface area contributed by atoms with Gasteiger partial charge in [0.15, 0.2) is 17.5 Å². The summed E-state index contributed by atoms with van der Waals surface area (Å²) in [6, 6.07) is 47.7. The number of aromatic nitrogens is 5. The van der Waals surface area contributed by atoms with Crippen LogP contribution < -0.4 is 0 Å². The zero-order valence-corrected chi connectivity index (χ0v) is 25.9. The summed E-state index contributed by atoms with van der Waals surface area (Å²) in [4.78, 5) is 24.3. The molecule has 0 radical (unpaired) electrons. The summed E-state index contributed by atoms with van der Waals surface area (Å²) < 4.78 is 2.40. The second-order valence-corrected chi connectivity index (χ2v) is 12.4. The Kier molecular flexibility index (Phi) is 6.58. The van der Waals surface area contributed by atoms with Gasteiger partial charge in [0, 0.05) is 50.1 Å². The number of hydrogen-bond donors (Lipinski definition) is 0. The Bertz CT molecular complexity index is 2500. The van der Waals surface area contributed by atoms with Crippen molar-refractivity contribution in [1.82, 2.24) is 24.9 Å². The SMILES string of the molecule is c1ccc(-c2nc(-c3ccccc3)nc(-c3ccc(-c4cccc5c(-c6cccc7sc8cccnc8c67)nccc45)cc3)n2)cc1. The van der Waals surface area contributed by atoms with E-state index in [1.807, 2.05) is 79.1 Å². The van der Waals surface area contributed by atoms with E-state index < -0.39 is 0 Å². The van der Waals surface area contributed by atoms with Gasteiger partial charge in [-0.05, 0) is 40.8 Å². The van der Waals surface area contributed by atoms with E-state index in [1.54, 1.807) is 11.3 Å². The first-order valence-corrected chi connectivity index (χ1v) is 16.2. The minimum absolute atomic E-state index is 0.637. The molecular formula is C41H25N5S. The topological polar surface area (TPSA) is 64.5 Å². The van der Waals surface area contributed by atoms with Crippen LogP contribution in [-0.4, -0.2) is 24.9 Å². The van der Waals surface area contributed by atoms with Gasteiger partial charge in [-0.2, -0.15) is 0 Å². The van der Waals surface area contributed by atoms with Crippen LogP contribution in [-0.2, 0) is 0 Å². The van der Waals surface area contributed by atoms with Crippen molar-refractivity contribution in [3.05, 3.63) is 152 Å². The highest BCUT2D eigenvalue weighted by Gasteiger charge is 2.17. The third kappa shape index (κ3) is 4.83. The first kappa shape index (κ1) is 27.2. The molecule has 0 bridgehead atoms. The van der Waals surface area contributed by atoms with E-state index in [-0.39, 0.29) is 0 Å². The Morgan fingerprint density at radius 2 is 0.979 bits per heavy atom. The maximum Gasteiger partial charge on any atom is 0.164 e. The lowest BCUT2D eigenvalue weighted by molar-refractivity contribution is 1.07. The van der Waals surface area contributed by atoms with Crippen molar-refractivity contribution in [2.24, 2.45) is 0 Å². The number of benzene rings is 5. The first-order valence-electron chi connectivity index (χ1n) is 15.4. The number of hydrogen-bond acceptors (Lipinski definition) is 6. The maximum atomic E-state index is 4.92. The number of nitrogens with zero attached hydrogens (tertiary/aromatic N) is 5. The Hall–Kier alpha value is -6.11. The molecule has 0 N–H and O–H groups in total. The number of fused-ring (bicyclic) bond motifs is 4.